The number of nitrogens with zero attached hydrogens (tertiary/aromatic N) is 3. The summed E-state index contributed by atoms with van der Waals surface area (Å²) in [7, 11) is 0. The van der Waals surface area contributed by atoms with E-state index in [0.717, 1.165) is 30.2 Å². The Hall–Kier alpha value is -3.13. The maximum absolute atomic E-state index is 13.7. The fourth-order valence-corrected chi connectivity index (χ4v) is 4.46. The standard InChI is InChI=1S/C29H34ClN3O4/c1-23-7-12-27(37-23)21-32(14-13-24-5-3-2-4-6-24)28(34)22-33(16-15-31-17-19-36-20-18-31)29(35)25-8-10-26(30)11-9-25/h2-12H,13-22H2,1H3. The van der Waals surface area contributed by atoms with Gasteiger partial charge in [-0.25, -0.2) is 0 Å². The molecule has 0 saturated carbocycles. The van der Waals surface area contributed by atoms with Gasteiger partial charge >= 0.3 is 0 Å². The van der Waals surface area contributed by atoms with Gasteiger partial charge in [-0.15, -0.1) is 0 Å². The van der Waals surface area contributed by atoms with E-state index in [0.29, 0.717) is 56.4 Å². The highest BCUT2D eigenvalue weighted by Gasteiger charge is 2.24. The lowest BCUT2D eigenvalue weighted by molar-refractivity contribution is -0.132. The monoisotopic (exact) mass is 523 g/mol. The van der Waals surface area contributed by atoms with E-state index in [1.165, 1.54) is 0 Å². The maximum atomic E-state index is 13.7. The molecule has 37 heavy (non-hydrogen) atoms. The van der Waals surface area contributed by atoms with E-state index >= 15 is 0 Å². The van der Waals surface area contributed by atoms with E-state index < -0.39 is 0 Å². The second kappa shape index (κ2) is 13.4. The van der Waals surface area contributed by atoms with Crippen LogP contribution in [0, 0.1) is 6.92 Å². The molecule has 7 nitrogen and oxygen atoms in total. The molecule has 196 valence electrons. The van der Waals surface area contributed by atoms with Crippen molar-refractivity contribution in [1.29, 1.82) is 0 Å². The van der Waals surface area contributed by atoms with E-state index in [1.807, 2.05) is 37.3 Å². The Bertz CT molecular complexity index is 1140. The van der Waals surface area contributed by atoms with Gasteiger partial charge in [0.15, 0.2) is 0 Å². The summed E-state index contributed by atoms with van der Waals surface area (Å²) in [5, 5.41) is 0.563. The van der Waals surface area contributed by atoms with Gasteiger partial charge in [0.1, 0.15) is 18.1 Å². The number of morpholine rings is 1. The van der Waals surface area contributed by atoms with Crippen LogP contribution in [0.15, 0.2) is 71.1 Å². The highest BCUT2D eigenvalue weighted by Crippen LogP contribution is 2.15. The van der Waals surface area contributed by atoms with Crippen LogP contribution in [0.5, 0.6) is 0 Å². The minimum atomic E-state index is -0.185. The molecule has 0 N–H and O–H groups in total. The molecule has 0 bridgehead atoms. The molecule has 3 aromatic rings. The summed E-state index contributed by atoms with van der Waals surface area (Å²) >= 11 is 6.04. The molecule has 0 spiro atoms. The molecule has 2 heterocycles. The van der Waals surface area contributed by atoms with Crippen molar-refractivity contribution in [3.63, 3.8) is 0 Å². The van der Waals surface area contributed by atoms with E-state index in [1.54, 1.807) is 34.1 Å². The number of halogens is 1. The molecule has 0 aliphatic carbocycles. The van der Waals surface area contributed by atoms with Crippen LogP contribution in [0.4, 0.5) is 0 Å². The summed E-state index contributed by atoms with van der Waals surface area (Å²) in [4.78, 5) is 32.8. The Morgan fingerprint density at radius 2 is 1.65 bits per heavy atom. The molecule has 1 aliphatic heterocycles. The van der Waals surface area contributed by atoms with E-state index in [4.69, 9.17) is 20.8 Å². The van der Waals surface area contributed by atoms with Crippen molar-refractivity contribution < 1.29 is 18.7 Å². The van der Waals surface area contributed by atoms with Gasteiger partial charge in [0.2, 0.25) is 5.91 Å². The molecular formula is C29H34ClN3O4. The van der Waals surface area contributed by atoms with E-state index in [2.05, 4.69) is 17.0 Å². The zero-order valence-electron chi connectivity index (χ0n) is 21.3. The van der Waals surface area contributed by atoms with Crippen LogP contribution in [0.2, 0.25) is 5.02 Å². The fraction of sp³-hybridized carbons (Fsp3) is 0.379. The van der Waals surface area contributed by atoms with Gasteiger partial charge in [0, 0.05) is 43.3 Å². The number of rotatable bonds is 11. The SMILES string of the molecule is Cc1ccc(CN(CCc2ccccc2)C(=O)CN(CCN2CCOCC2)C(=O)c2ccc(Cl)cc2)o1. The maximum Gasteiger partial charge on any atom is 0.254 e. The number of hydrogen-bond donors (Lipinski definition) is 0. The van der Waals surface area contributed by atoms with Crippen molar-refractivity contribution in [2.45, 2.75) is 19.9 Å². The normalized spacial score (nSPS) is 13.9. The summed E-state index contributed by atoms with van der Waals surface area (Å²) in [6.45, 7) is 6.87. The predicted molar refractivity (Wildman–Crippen MR) is 144 cm³/mol. The number of hydrogen-bond acceptors (Lipinski definition) is 5. The predicted octanol–water partition coefficient (Wildman–Crippen LogP) is 4.29. The van der Waals surface area contributed by atoms with Crippen molar-refractivity contribution in [3.05, 3.63) is 94.4 Å². The first-order valence-electron chi connectivity index (χ1n) is 12.7. The van der Waals surface area contributed by atoms with Crippen LogP contribution in [-0.2, 0) is 22.5 Å². The lowest BCUT2D eigenvalue weighted by atomic mass is 10.1. The highest BCUT2D eigenvalue weighted by molar-refractivity contribution is 6.30. The van der Waals surface area contributed by atoms with Gasteiger partial charge in [-0.2, -0.15) is 0 Å². The summed E-state index contributed by atoms with van der Waals surface area (Å²) in [6, 6.07) is 20.7. The molecule has 1 aromatic heterocycles. The number of carbonyl (C=O) groups is 2. The smallest absolute Gasteiger partial charge is 0.254 e. The number of benzene rings is 2. The van der Waals surface area contributed by atoms with Crippen LogP contribution < -0.4 is 0 Å². The molecule has 0 atom stereocenters. The Morgan fingerprint density at radius 3 is 2.32 bits per heavy atom. The van der Waals surface area contributed by atoms with Crippen molar-refractivity contribution in [3.8, 4) is 0 Å². The van der Waals surface area contributed by atoms with Crippen LogP contribution in [0.1, 0.15) is 27.4 Å². The number of carbonyl (C=O) groups excluding carboxylic acids is 2. The highest BCUT2D eigenvalue weighted by atomic mass is 35.5. The molecule has 0 unspecified atom stereocenters. The Morgan fingerprint density at radius 1 is 0.919 bits per heavy atom. The van der Waals surface area contributed by atoms with Crippen molar-refractivity contribution in [2.75, 3.05) is 52.5 Å². The molecule has 2 amide bonds. The quantitative estimate of drug-likeness (QED) is 0.375. The number of furan rings is 1. The lowest BCUT2D eigenvalue weighted by Crippen LogP contribution is -2.47. The first-order valence-corrected chi connectivity index (χ1v) is 13.1. The fourth-order valence-electron chi connectivity index (χ4n) is 4.34. The summed E-state index contributed by atoms with van der Waals surface area (Å²) in [6.07, 6.45) is 0.713. The third kappa shape index (κ3) is 8.18. The molecule has 4 rings (SSSR count). The number of ether oxygens (including phenoxy) is 1. The average molecular weight is 524 g/mol. The van der Waals surface area contributed by atoms with Gasteiger partial charge in [0.25, 0.3) is 5.91 Å². The number of amides is 2. The summed E-state index contributed by atoms with van der Waals surface area (Å²) in [5.74, 6) is 1.22. The molecule has 1 fully saturated rings. The first kappa shape index (κ1) is 26.9. The van der Waals surface area contributed by atoms with E-state index in [9.17, 15) is 9.59 Å². The lowest BCUT2D eigenvalue weighted by Gasteiger charge is -2.31. The van der Waals surface area contributed by atoms with Crippen LogP contribution >= 0.6 is 11.6 Å². The summed E-state index contributed by atoms with van der Waals surface area (Å²) in [5.41, 5.74) is 1.66. The topological polar surface area (TPSA) is 66.2 Å². The third-order valence-corrected chi connectivity index (χ3v) is 6.75. The zero-order chi connectivity index (χ0) is 26.0. The van der Waals surface area contributed by atoms with Gasteiger partial charge in [0.05, 0.1) is 19.8 Å². The molecule has 1 saturated heterocycles. The number of aryl methyl sites for hydroxylation is 1. The second-order valence-corrected chi connectivity index (χ2v) is 9.69. The van der Waals surface area contributed by atoms with Crippen molar-refractivity contribution in [2.24, 2.45) is 0 Å². The minimum absolute atomic E-state index is 0.0136. The molecular weight excluding hydrogens is 490 g/mol. The summed E-state index contributed by atoms with van der Waals surface area (Å²) < 4.78 is 11.2. The van der Waals surface area contributed by atoms with Gasteiger partial charge in [-0.3, -0.25) is 14.5 Å². The zero-order valence-corrected chi connectivity index (χ0v) is 22.0. The molecule has 1 aliphatic rings. The Kier molecular flexibility index (Phi) is 9.77. The Labute approximate surface area is 223 Å². The van der Waals surface area contributed by atoms with Gasteiger partial charge in [-0.1, -0.05) is 41.9 Å². The largest absolute Gasteiger partial charge is 0.464 e. The van der Waals surface area contributed by atoms with Crippen molar-refractivity contribution in [1.82, 2.24) is 14.7 Å². The third-order valence-electron chi connectivity index (χ3n) is 6.50. The van der Waals surface area contributed by atoms with Crippen LogP contribution in [0.3, 0.4) is 0 Å². The van der Waals surface area contributed by atoms with Gasteiger partial charge in [-0.05, 0) is 55.3 Å². The first-order chi connectivity index (χ1) is 18.0. The second-order valence-electron chi connectivity index (χ2n) is 9.25. The molecule has 2 aromatic carbocycles. The van der Waals surface area contributed by atoms with Gasteiger partial charge < -0.3 is 19.0 Å². The molecule has 8 heteroatoms. The minimum Gasteiger partial charge on any atom is -0.464 e. The Balaban J connectivity index is 1.49. The van der Waals surface area contributed by atoms with Crippen LogP contribution in [-0.4, -0.2) is 79.0 Å². The van der Waals surface area contributed by atoms with Crippen LogP contribution in [0.25, 0.3) is 0 Å². The van der Waals surface area contributed by atoms with E-state index in [-0.39, 0.29) is 18.4 Å². The molecule has 0 radical (unpaired) electrons. The van der Waals surface area contributed by atoms with Crippen molar-refractivity contribution >= 4 is 23.4 Å². The average Bonchev–Trinajstić information content (AvgIpc) is 3.34.